The Morgan fingerprint density at radius 2 is 2.21 bits per heavy atom. The van der Waals surface area contributed by atoms with Crippen LogP contribution < -0.4 is 11.1 Å². The number of nitrogen functional groups attached to an aromatic ring is 1. The highest BCUT2D eigenvalue weighted by molar-refractivity contribution is 5.42. The molecule has 1 aliphatic rings. The van der Waals surface area contributed by atoms with Gasteiger partial charge in [0, 0.05) is 6.04 Å². The molecule has 0 saturated carbocycles. The van der Waals surface area contributed by atoms with Gasteiger partial charge in [0.2, 0.25) is 0 Å². The normalized spacial score (nSPS) is 22.2. The van der Waals surface area contributed by atoms with Crippen molar-refractivity contribution in [2.75, 3.05) is 12.3 Å². The van der Waals surface area contributed by atoms with Crippen LogP contribution in [0.2, 0.25) is 0 Å². The highest BCUT2D eigenvalue weighted by atomic mass is 19.1. The molecule has 1 aromatic carbocycles. The zero-order valence-electron chi connectivity index (χ0n) is 8.09. The van der Waals surface area contributed by atoms with Crippen molar-refractivity contribution < 1.29 is 4.39 Å². The Kier molecular flexibility index (Phi) is 2.68. The zero-order chi connectivity index (χ0) is 9.97. The SMILES string of the molecule is Nc1ccc(C2CCCCN2)cc1F. The summed E-state index contributed by atoms with van der Waals surface area (Å²) in [5.41, 5.74) is 6.66. The highest BCUT2D eigenvalue weighted by Crippen LogP contribution is 2.24. The summed E-state index contributed by atoms with van der Waals surface area (Å²) < 4.78 is 13.2. The summed E-state index contributed by atoms with van der Waals surface area (Å²) in [6.07, 6.45) is 3.51. The number of nitrogens with one attached hydrogen (secondary N) is 1. The Morgan fingerprint density at radius 1 is 1.36 bits per heavy atom. The number of piperidine rings is 1. The fourth-order valence-corrected chi connectivity index (χ4v) is 1.90. The minimum Gasteiger partial charge on any atom is -0.396 e. The Morgan fingerprint density at radius 3 is 2.86 bits per heavy atom. The number of hydrogen-bond acceptors (Lipinski definition) is 2. The van der Waals surface area contributed by atoms with Gasteiger partial charge in [0.15, 0.2) is 0 Å². The van der Waals surface area contributed by atoms with Crippen LogP contribution in [0.15, 0.2) is 18.2 Å². The first-order valence-corrected chi connectivity index (χ1v) is 5.05. The second-order valence-electron chi connectivity index (χ2n) is 3.78. The molecule has 1 unspecified atom stereocenters. The van der Waals surface area contributed by atoms with Gasteiger partial charge in [-0.1, -0.05) is 12.5 Å². The summed E-state index contributed by atoms with van der Waals surface area (Å²) in [5.74, 6) is -0.310. The molecule has 0 radical (unpaired) electrons. The maximum Gasteiger partial charge on any atom is 0.146 e. The van der Waals surface area contributed by atoms with Crippen molar-refractivity contribution >= 4 is 5.69 Å². The van der Waals surface area contributed by atoms with Crippen LogP contribution in [-0.4, -0.2) is 6.54 Å². The highest BCUT2D eigenvalue weighted by Gasteiger charge is 2.15. The van der Waals surface area contributed by atoms with E-state index >= 15 is 0 Å². The lowest BCUT2D eigenvalue weighted by atomic mass is 9.97. The van der Waals surface area contributed by atoms with E-state index in [1.165, 1.54) is 12.8 Å². The van der Waals surface area contributed by atoms with Gasteiger partial charge < -0.3 is 11.1 Å². The third-order valence-electron chi connectivity index (χ3n) is 2.74. The summed E-state index contributed by atoms with van der Waals surface area (Å²) in [7, 11) is 0. The number of rotatable bonds is 1. The number of halogens is 1. The molecule has 2 rings (SSSR count). The molecule has 2 nitrogen and oxygen atoms in total. The maximum absolute atomic E-state index is 13.2. The minimum atomic E-state index is -0.310. The first kappa shape index (κ1) is 9.46. The average Bonchev–Trinajstić information content (AvgIpc) is 2.23. The monoisotopic (exact) mass is 194 g/mol. The number of benzene rings is 1. The van der Waals surface area contributed by atoms with Crippen molar-refractivity contribution in [2.45, 2.75) is 25.3 Å². The lowest BCUT2D eigenvalue weighted by molar-refractivity contribution is 0.411. The van der Waals surface area contributed by atoms with Gasteiger partial charge in [0.1, 0.15) is 5.82 Å². The van der Waals surface area contributed by atoms with Gasteiger partial charge in [-0.2, -0.15) is 0 Å². The van der Waals surface area contributed by atoms with Crippen LogP contribution >= 0.6 is 0 Å². The number of anilines is 1. The fourth-order valence-electron chi connectivity index (χ4n) is 1.90. The van der Waals surface area contributed by atoms with E-state index in [-0.39, 0.29) is 11.5 Å². The van der Waals surface area contributed by atoms with E-state index in [1.807, 2.05) is 6.07 Å². The third kappa shape index (κ3) is 1.87. The second kappa shape index (κ2) is 3.96. The van der Waals surface area contributed by atoms with E-state index in [2.05, 4.69) is 5.32 Å². The van der Waals surface area contributed by atoms with E-state index in [9.17, 15) is 4.39 Å². The van der Waals surface area contributed by atoms with Gasteiger partial charge >= 0.3 is 0 Å². The van der Waals surface area contributed by atoms with Crippen molar-refractivity contribution in [3.05, 3.63) is 29.6 Å². The fraction of sp³-hybridized carbons (Fsp3) is 0.455. The summed E-state index contributed by atoms with van der Waals surface area (Å²) >= 11 is 0. The van der Waals surface area contributed by atoms with Crippen LogP contribution in [-0.2, 0) is 0 Å². The van der Waals surface area contributed by atoms with Crippen LogP contribution in [0.1, 0.15) is 30.9 Å². The molecule has 1 heterocycles. The van der Waals surface area contributed by atoms with Gasteiger partial charge in [-0.25, -0.2) is 4.39 Å². The van der Waals surface area contributed by atoms with E-state index in [4.69, 9.17) is 5.73 Å². The first-order valence-electron chi connectivity index (χ1n) is 5.05. The number of nitrogens with two attached hydrogens (primary N) is 1. The Balaban J connectivity index is 2.18. The molecule has 3 heteroatoms. The largest absolute Gasteiger partial charge is 0.396 e. The van der Waals surface area contributed by atoms with Crippen LogP contribution in [0.3, 0.4) is 0 Å². The molecule has 1 atom stereocenters. The maximum atomic E-state index is 13.2. The summed E-state index contributed by atoms with van der Waals surface area (Å²) in [6, 6.07) is 5.39. The quantitative estimate of drug-likeness (QED) is 0.673. The van der Waals surface area contributed by atoms with Gasteiger partial charge in [-0.15, -0.1) is 0 Å². The Labute approximate surface area is 83.3 Å². The molecule has 0 amide bonds. The van der Waals surface area contributed by atoms with Crippen molar-refractivity contribution in [2.24, 2.45) is 0 Å². The molecule has 0 aromatic heterocycles. The van der Waals surface area contributed by atoms with Crippen molar-refractivity contribution in [1.82, 2.24) is 5.32 Å². The Bertz CT molecular complexity index is 319. The van der Waals surface area contributed by atoms with Crippen molar-refractivity contribution in [1.29, 1.82) is 0 Å². The molecular formula is C11H15FN2. The van der Waals surface area contributed by atoms with Crippen LogP contribution in [0.4, 0.5) is 10.1 Å². The van der Waals surface area contributed by atoms with Gasteiger partial charge in [0.05, 0.1) is 5.69 Å². The van der Waals surface area contributed by atoms with Gasteiger partial charge in [-0.05, 0) is 37.1 Å². The van der Waals surface area contributed by atoms with Gasteiger partial charge in [0.25, 0.3) is 0 Å². The molecule has 0 spiro atoms. The molecule has 76 valence electrons. The van der Waals surface area contributed by atoms with Crippen molar-refractivity contribution in [3.63, 3.8) is 0 Å². The van der Waals surface area contributed by atoms with Crippen LogP contribution in [0.5, 0.6) is 0 Å². The molecule has 0 aliphatic carbocycles. The van der Waals surface area contributed by atoms with E-state index in [0.29, 0.717) is 6.04 Å². The molecule has 14 heavy (non-hydrogen) atoms. The lowest BCUT2D eigenvalue weighted by Gasteiger charge is -2.23. The topological polar surface area (TPSA) is 38.0 Å². The molecule has 3 N–H and O–H groups in total. The predicted molar refractivity (Wildman–Crippen MR) is 55.4 cm³/mol. The number of hydrogen-bond donors (Lipinski definition) is 2. The molecule has 1 saturated heterocycles. The van der Waals surface area contributed by atoms with E-state index in [0.717, 1.165) is 18.5 Å². The first-order chi connectivity index (χ1) is 6.77. The lowest BCUT2D eigenvalue weighted by Crippen LogP contribution is -2.26. The van der Waals surface area contributed by atoms with E-state index in [1.54, 1.807) is 12.1 Å². The van der Waals surface area contributed by atoms with Gasteiger partial charge in [-0.3, -0.25) is 0 Å². The average molecular weight is 194 g/mol. The zero-order valence-corrected chi connectivity index (χ0v) is 8.09. The summed E-state index contributed by atoms with van der Waals surface area (Å²) in [4.78, 5) is 0. The Hall–Kier alpha value is -1.09. The summed E-state index contributed by atoms with van der Waals surface area (Å²) in [6.45, 7) is 1.02. The van der Waals surface area contributed by atoms with Crippen molar-refractivity contribution in [3.8, 4) is 0 Å². The molecule has 1 fully saturated rings. The summed E-state index contributed by atoms with van der Waals surface area (Å²) in [5, 5.41) is 3.37. The minimum absolute atomic E-state index is 0.226. The molecule has 0 bridgehead atoms. The standard InChI is InChI=1S/C11H15FN2/c12-9-7-8(4-5-10(9)13)11-3-1-2-6-14-11/h4-5,7,11,14H,1-3,6,13H2. The second-order valence-corrected chi connectivity index (χ2v) is 3.78. The van der Waals surface area contributed by atoms with E-state index < -0.39 is 0 Å². The molecule has 1 aromatic rings. The smallest absolute Gasteiger partial charge is 0.146 e. The molecular weight excluding hydrogens is 179 g/mol. The predicted octanol–water partition coefficient (Wildman–Crippen LogP) is 2.22. The molecule has 1 aliphatic heterocycles. The third-order valence-corrected chi connectivity index (χ3v) is 2.74. The van der Waals surface area contributed by atoms with Crippen LogP contribution in [0.25, 0.3) is 0 Å². The van der Waals surface area contributed by atoms with Crippen LogP contribution in [0, 0.1) is 5.82 Å².